The Hall–Kier alpha value is -1.14. The van der Waals surface area contributed by atoms with Crippen LogP contribution in [0, 0.1) is 5.92 Å². The Morgan fingerprint density at radius 1 is 1.26 bits per heavy atom. The fourth-order valence-electron chi connectivity index (χ4n) is 3.37. The minimum absolute atomic E-state index is 0.0892. The molecule has 6 heteroatoms. The summed E-state index contributed by atoms with van der Waals surface area (Å²) in [7, 11) is 0. The van der Waals surface area contributed by atoms with E-state index in [1.807, 2.05) is 11.8 Å². The molecule has 2 rings (SSSR count). The van der Waals surface area contributed by atoms with Gasteiger partial charge in [-0.2, -0.15) is 0 Å². The van der Waals surface area contributed by atoms with Crippen molar-refractivity contribution in [2.75, 3.05) is 39.3 Å². The summed E-state index contributed by atoms with van der Waals surface area (Å²) in [4.78, 5) is 28.7. The second-order valence-electron chi connectivity index (χ2n) is 7.05. The smallest absolute Gasteiger partial charge is 0.234 e. The molecule has 3 atom stereocenters. The van der Waals surface area contributed by atoms with Crippen LogP contribution >= 0.6 is 0 Å². The number of amides is 2. The molecule has 0 aromatic carbocycles. The van der Waals surface area contributed by atoms with Crippen LogP contribution in [0.25, 0.3) is 0 Å². The Balaban J connectivity index is 1.73. The summed E-state index contributed by atoms with van der Waals surface area (Å²) in [5.74, 6) is 0.569. The summed E-state index contributed by atoms with van der Waals surface area (Å²) < 4.78 is 0. The molecule has 6 nitrogen and oxygen atoms in total. The van der Waals surface area contributed by atoms with Gasteiger partial charge in [0.05, 0.1) is 6.54 Å². The van der Waals surface area contributed by atoms with Crippen LogP contribution in [0.1, 0.15) is 40.0 Å². The Morgan fingerprint density at radius 2 is 1.96 bits per heavy atom. The zero-order valence-corrected chi connectivity index (χ0v) is 14.8. The molecular weight excluding hydrogens is 292 g/mol. The lowest BCUT2D eigenvalue weighted by molar-refractivity contribution is -0.138. The van der Waals surface area contributed by atoms with Crippen LogP contribution in [0.15, 0.2) is 0 Å². The summed E-state index contributed by atoms with van der Waals surface area (Å²) in [5.41, 5.74) is 0. The molecule has 0 radical (unpaired) electrons. The molecule has 2 N–H and O–H groups in total. The second kappa shape index (κ2) is 8.64. The fourth-order valence-corrected chi connectivity index (χ4v) is 3.37. The molecule has 0 aromatic rings. The monoisotopic (exact) mass is 324 g/mol. The van der Waals surface area contributed by atoms with E-state index in [2.05, 4.69) is 29.4 Å². The van der Waals surface area contributed by atoms with Gasteiger partial charge in [0.15, 0.2) is 0 Å². The average molecular weight is 324 g/mol. The highest BCUT2D eigenvalue weighted by Crippen LogP contribution is 2.19. The first-order valence-electron chi connectivity index (χ1n) is 9.03. The molecule has 132 valence electrons. The van der Waals surface area contributed by atoms with Crippen molar-refractivity contribution in [3.63, 3.8) is 0 Å². The third-order valence-electron chi connectivity index (χ3n) is 5.04. The molecule has 2 fully saturated rings. The highest BCUT2D eigenvalue weighted by molar-refractivity contribution is 5.79. The highest BCUT2D eigenvalue weighted by Gasteiger charge is 2.30. The van der Waals surface area contributed by atoms with Crippen LogP contribution in [0.2, 0.25) is 0 Å². The molecule has 0 spiro atoms. The Labute approximate surface area is 140 Å². The van der Waals surface area contributed by atoms with Gasteiger partial charge in [-0.15, -0.1) is 0 Å². The Kier molecular flexibility index (Phi) is 6.84. The number of hydrogen-bond acceptors (Lipinski definition) is 4. The summed E-state index contributed by atoms with van der Waals surface area (Å²) in [5, 5.41) is 6.39. The lowest BCUT2D eigenvalue weighted by atomic mass is 9.92. The maximum absolute atomic E-state index is 12.6. The van der Waals surface area contributed by atoms with E-state index in [9.17, 15) is 9.59 Å². The van der Waals surface area contributed by atoms with Crippen molar-refractivity contribution in [3.05, 3.63) is 0 Å². The molecule has 0 aliphatic carbocycles. The average Bonchev–Trinajstić information content (AvgIpc) is 2.54. The van der Waals surface area contributed by atoms with Crippen LogP contribution in [0.4, 0.5) is 0 Å². The van der Waals surface area contributed by atoms with Crippen LogP contribution < -0.4 is 10.6 Å². The standard InChI is InChI=1S/C17H32N4O2/c1-4-13(2)19-16(22)12-20-7-9-21(10-8-20)17(23)15-5-6-18-14(3)11-15/h13-15,18H,4-12H2,1-3H3,(H,19,22)/t13?,14-,15-/m0/s1. The minimum atomic E-state index is 0.0892. The first-order chi connectivity index (χ1) is 11.0. The predicted molar refractivity (Wildman–Crippen MR) is 91.1 cm³/mol. The van der Waals surface area contributed by atoms with Gasteiger partial charge < -0.3 is 15.5 Å². The van der Waals surface area contributed by atoms with Crippen LogP contribution in [-0.2, 0) is 9.59 Å². The van der Waals surface area contributed by atoms with Crippen molar-refractivity contribution >= 4 is 11.8 Å². The van der Waals surface area contributed by atoms with Crippen LogP contribution in [0.5, 0.6) is 0 Å². The molecular formula is C17H32N4O2. The molecule has 23 heavy (non-hydrogen) atoms. The van der Waals surface area contributed by atoms with Crippen LogP contribution in [-0.4, -0.2) is 73.0 Å². The number of rotatable bonds is 5. The van der Waals surface area contributed by atoms with Crippen molar-refractivity contribution < 1.29 is 9.59 Å². The van der Waals surface area contributed by atoms with E-state index in [1.165, 1.54) is 0 Å². The molecule has 2 saturated heterocycles. The highest BCUT2D eigenvalue weighted by atomic mass is 16.2. The second-order valence-corrected chi connectivity index (χ2v) is 7.05. The van der Waals surface area contributed by atoms with E-state index < -0.39 is 0 Å². The lowest BCUT2D eigenvalue weighted by Gasteiger charge is -2.37. The molecule has 0 saturated carbocycles. The Morgan fingerprint density at radius 3 is 2.57 bits per heavy atom. The third-order valence-corrected chi connectivity index (χ3v) is 5.04. The molecule has 0 aromatic heterocycles. The molecule has 2 aliphatic heterocycles. The van der Waals surface area contributed by atoms with Gasteiger partial charge in [0.25, 0.3) is 0 Å². The van der Waals surface area contributed by atoms with Gasteiger partial charge in [0.2, 0.25) is 11.8 Å². The number of piperidine rings is 1. The van der Waals surface area contributed by atoms with Crippen molar-refractivity contribution in [3.8, 4) is 0 Å². The van der Waals surface area contributed by atoms with Gasteiger partial charge in [0.1, 0.15) is 0 Å². The van der Waals surface area contributed by atoms with Crippen molar-refractivity contribution in [1.29, 1.82) is 0 Å². The summed E-state index contributed by atoms with van der Waals surface area (Å²) in [6.45, 7) is 10.7. The molecule has 2 aliphatic rings. The lowest BCUT2D eigenvalue weighted by Crippen LogP contribution is -2.53. The first-order valence-corrected chi connectivity index (χ1v) is 9.03. The number of carbonyl (C=O) groups is 2. The number of hydrogen-bond donors (Lipinski definition) is 2. The van der Waals surface area contributed by atoms with Gasteiger partial charge in [-0.05, 0) is 39.7 Å². The molecule has 1 unspecified atom stereocenters. The maximum Gasteiger partial charge on any atom is 0.234 e. The molecule has 0 bridgehead atoms. The zero-order chi connectivity index (χ0) is 16.8. The number of nitrogens with zero attached hydrogens (tertiary/aromatic N) is 2. The number of carbonyl (C=O) groups excluding carboxylic acids is 2. The fraction of sp³-hybridized carbons (Fsp3) is 0.882. The molecule has 2 amide bonds. The summed E-state index contributed by atoms with van der Waals surface area (Å²) in [6.07, 6.45) is 2.83. The third kappa shape index (κ3) is 5.46. The largest absolute Gasteiger partial charge is 0.353 e. The predicted octanol–water partition coefficient (Wildman–Crippen LogP) is 0.433. The van der Waals surface area contributed by atoms with E-state index in [0.717, 1.165) is 52.0 Å². The van der Waals surface area contributed by atoms with Gasteiger partial charge in [-0.1, -0.05) is 6.92 Å². The first kappa shape index (κ1) is 18.2. The number of nitrogens with one attached hydrogen (secondary N) is 2. The molecule has 2 heterocycles. The van der Waals surface area contributed by atoms with E-state index in [-0.39, 0.29) is 17.9 Å². The van der Waals surface area contributed by atoms with Crippen molar-refractivity contribution in [2.24, 2.45) is 5.92 Å². The zero-order valence-electron chi connectivity index (χ0n) is 14.8. The topological polar surface area (TPSA) is 64.7 Å². The SMILES string of the molecule is CCC(C)NC(=O)CN1CCN(C(=O)[C@H]2CCN[C@@H](C)C2)CC1. The van der Waals surface area contributed by atoms with E-state index in [1.54, 1.807) is 0 Å². The van der Waals surface area contributed by atoms with E-state index in [4.69, 9.17) is 0 Å². The van der Waals surface area contributed by atoms with E-state index in [0.29, 0.717) is 18.5 Å². The summed E-state index contributed by atoms with van der Waals surface area (Å²) >= 11 is 0. The number of piperazine rings is 1. The van der Waals surface area contributed by atoms with Gasteiger partial charge in [-0.25, -0.2) is 0 Å². The quantitative estimate of drug-likeness (QED) is 0.770. The van der Waals surface area contributed by atoms with Gasteiger partial charge >= 0.3 is 0 Å². The summed E-state index contributed by atoms with van der Waals surface area (Å²) in [6, 6.07) is 0.663. The van der Waals surface area contributed by atoms with Gasteiger partial charge in [0, 0.05) is 44.2 Å². The maximum atomic E-state index is 12.6. The normalized spacial score (nSPS) is 27.5. The van der Waals surface area contributed by atoms with Crippen molar-refractivity contribution in [1.82, 2.24) is 20.4 Å². The van der Waals surface area contributed by atoms with E-state index >= 15 is 0 Å². The van der Waals surface area contributed by atoms with Gasteiger partial charge in [-0.3, -0.25) is 14.5 Å². The van der Waals surface area contributed by atoms with Crippen molar-refractivity contribution in [2.45, 2.75) is 52.1 Å². The minimum Gasteiger partial charge on any atom is -0.353 e. The Bertz CT molecular complexity index is 407. The van der Waals surface area contributed by atoms with Crippen LogP contribution in [0.3, 0.4) is 0 Å².